The summed E-state index contributed by atoms with van der Waals surface area (Å²) in [5.41, 5.74) is 3.68. The Morgan fingerprint density at radius 2 is 1.04 bits per heavy atom. The van der Waals surface area contributed by atoms with E-state index in [9.17, 15) is 10.1 Å². The topological polar surface area (TPSA) is 71.1 Å². The summed E-state index contributed by atoms with van der Waals surface area (Å²) in [5, 5.41) is 18.8. The second-order valence-corrected chi connectivity index (χ2v) is 14.7. The van der Waals surface area contributed by atoms with Crippen molar-refractivity contribution in [2.24, 2.45) is 9.98 Å². The predicted molar refractivity (Wildman–Crippen MR) is 191 cm³/mol. The van der Waals surface area contributed by atoms with Gasteiger partial charge in [0.15, 0.2) is 11.1 Å². The first-order valence-electron chi connectivity index (χ1n) is 16.0. The average Bonchev–Trinajstić information content (AvgIpc) is 3.31. The summed E-state index contributed by atoms with van der Waals surface area (Å²) in [5.74, 6) is 0.944. The highest BCUT2D eigenvalue weighted by molar-refractivity contribution is 6.21. The maximum atomic E-state index is 13.5. The number of benzene rings is 5. The van der Waals surface area contributed by atoms with Gasteiger partial charge in [0.05, 0.1) is 11.1 Å². The number of hydrogen-bond acceptors (Lipinski definition) is 5. The molecule has 232 valence electrons. The van der Waals surface area contributed by atoms with E-state index >= 15 is 0 Å². The molecular formula is C40H40N4O2. The van der Waals surface area contributed by atoms with Crippen molar-refractivity contribution in [2.75, 3.05) is 0 Å². The van der Waals surface area contributed by atoms with Crippen LogP contribution in [0.1, 0.15) is 66.5 Å². The van der Waals surface area contributed by atoms with Gasteiger partial charge in [-0.1, -0.05) is 94.8 Å². The lowest BCUT2D eigenvalue weighted by molar-refractivity contribution is -0.514. The summed E-state index contributed by atoms with van der Waals surface area (Å²) >= 11 is 0. The van der Waals surface area contributed by atoms with E-state index in [1.807, 2.05) is 79.7 Å². The fraction of sp³-hybridized carbons (Fsp3) is 0.300. The minimum absolute atomic E-state index is 0.470. The Labute approximate surface area is 270 Å². The molecule has 0 aliphatic carbocycles. The molecule has 6 nitrogen and oxygen atoms in total. The van der Waals surface area contributed by atoms with E-state index in [1.54, 1.807) is 0 Å². The molecule has 46 heavy (non-hydrogen) atoms. The Morgan fingerprint density at radius 3 is 1.50 bits per heavy atom. The molecule has 6 heteroatoms. The third-order valence-corrected chi connectivity index (χ3v) is 10.9. The summed E-state index contributed by atoms with van der Waals surface area (Å²) < 4.78 is 1.07. The smallest absolute Gasteiger partial charge is 0.364 e. The maximum absolute atomic E-state index is 13.5. The van der Waals surface area contributed by atoms with E-state index in [1.165, 1.54) is 0 Å². The molecule has 0 radical (unpaired) electrons. The molecule has 0 atom stereocenters. The van der Waals surface area contributed by atoms with Gasteiger partial charge in [-0.15, -0.1) is 0 Å². The Hall–Kier alpha value is -4.68. The van der Waals surface area contributed by atoms with Crippen LogP contribution in [0.3, 0.4) is 0 Å². The van der Waals surface area contributed by atoms with E-state index in [0.717, 1.165) is 64.7 Å². The van der Waals surface area contributed by atoms with Gasteiger partial charge in [-0.3, -0.25) is 4.99 Å². The van der Waals surface area contributed by atoms with Gasteiger partial charge < -0.3 is 10.3 Å². The lowest BCUT2D eigenvalue weighted by Gasteiger charge is -2.45. The minimum atomic E-state index is -0.655. The molecule has 0 saturated heterocycles. The molecular weight excluding hydrogens is 568 g/mol. The third kappa shape index (κ3) is 4.19. The monoisotopic (exact) mass is 608 g/mol. The number of fused-ring (bicyclic) bond motifs is 2. The Kier molecular flexibility index (Phi) is 6.46. The molecule has 2 heterocycles. The fourth-order valence-corrected chi connectivity index (χ4v) is 6.63. The van der Waals surface area contributed by atoms with Crippen molar-refractivity contribution in [3.05, 3.63) is 118 Å². The lowest BCUT2D eigenvalue weighted by atomic mass is 9.84. The number of amidine groups is 2. The molecule has 0 saturated carbocycles. The van der Waals surface area contributed by atoms with E-state index < -0.39 is 22.2 Å². The average molecular weight is 609 g/mol. The van der Waals surface area contributed by atoms with Crippen molar-refractivity contribution in [2.45, 2.75) is 77.5 Å². The third-order valence-electron chi connectivity index (χ3n) is 10.9. The zero-order chi connectivity index (χ0) is 32.8. The number of aliphatic imine (C=N–C) groups is 2. The van der Waals surface area contributed by atoms with Crippen molar-refractivity contribution in [3.8, 4) is 22.3 Å². The molecule has 0 bridgehead atoms. The van der Waals surface area contributed by atoms with Gasteiger partial charge >= 0.3 is 5.84 Å². The molecule has 0 aromatic heterocycles. The van der Waals surface area contributed by atoms with Gasteiger partial charge in [0.25, 0.3) is 0 Å². The van der Waals surface area contributed by atoms with Crippen molar-refractivity contribution in [3.63, 3.8) is 0 Å². The molecule has 2 aliphatic heterocycles. The van der Waals surface area contributed by atoms with Crippen molar-refractivity contribution < 1.29 is 4.76 Å². The second-order valence-electron chi connectivity index (χ2n) is 14.7. The summed E-state index contributed by atoms with van der Waals surface area (Å²) in [6.45, 7) is 15.8. The molecule has 5 aromatic carbocycles. The van der Waals surface area contributed by atoms with Crippen LogP contribution >= 0.6 is 0 Å². The van der Waals surface area contributed by atoms with Crippen LogP contribution in [0.5, 0.6) is 0 Å². The molecule has 0 amide bonds. The molecule has 2 aliphatic rings. The van der Waals surface area contributed by atoms with Crippen molar-refractivity contribution >= 4 is 33.2 Å². The predicted octanol–water partition coefficient (Wildman–Crippen LogP) is 9.54. The molecule has 7 rings (SSSR count). The van der Waals surface area contributed by atoms with Crippen LogP contribution in [0.4, 0.5) is 0 Å². The van der Waals surface area contributed by atoms with Gasteiger partial charge in [0, 0.05) is 11.1 Å². The van der Waals surface area contributed by atoms with Gasteiger partial charge in [0.2, 0.25) is 0 Å². The molecule has 0 unspecified atom stereocenters. The summed E-state index contributed by atoms with van der Waals surface area (Å²) in [4.78, 5) is 23.2. The van der Waals surface area contributed by atoms with Crippen LogP contribution in [-0.4, -0.2) is 43.7 Å². The number of rotatable bonds is 4. The maximum Gasteiger partial charge on any atom is 0.364 e. The first kappa shape index (κ1) is 30.0. The Morgan fingerprint density at radius 1 is 0.565 bits per heavy atom. The van der Waals surface area contributed by atoms with Gasteiger partial charge in [-0.2, -0.15) is 0 Å². The van der Waals surface area contributed by atoms with Crippen LogP contribution in [0.2, 0.25) is 0 Å². The van der Waals surface area contributed by atoms with E-state index in [0.29, 0.717) is 11.7 Å². The first-order valence-corrected chi connectivity index (χ1v) is 16.0. The largest absolute Gasteiger partial charge is 0.757 e. The number of nitroso groups, excluding NO2 is 1. The van der Waals surface area contributed by atoms with Crippen LogP contribution in [0.15, 0.2) is 107 Å². The Bertz CT molecular complexity index is 2080. The number of hydrogen-bond donors (Lipinski definition) is 0. The highest BCUT2D eigenvalue weighted by Gasteiger charge is 2.59. The summed E-state index contributed by atoms with van der Waals surface area (Å²) in [7, 11) is 0. The molecule has 0 N–H and O–H groups in total. The minimum Gasteiger partial charge on any atom is -0.757 e. The quantitative estimate of drug-likeness (QED) is 0.151. The fourth-order valence-electron chi connectivity index (χ4n) is 6.63. The Balaban J connectivity index is 1.39. The van der Waals surface area contributed by atoms with Crippen molar-refractivity contribution in [1.29, 1.82) is 0 Å². The number of nitrogens with zero attached hydrogens (tertiary/aromatic N) is 4. The zero-order valence-electron chi connectivity index (χ0n) is 27.8. The van der Waals surface area contributed by atoms with E-state index in [2.05, 4.69) is 72.8 Å². The van der Waals surface area contributed by atoms with Crippen molar-refractivity contribution in [1.82, 2.24) is 5.06 Å². The molecule has 5 aromatic rings. The summed E-state index contributed by atoms with van der Waals surface area (Å²) in [6.07, 6.45) is 0. The number of hydroxylamine groups is 2. The van der Waals surface area contributed by atoms with E-state index in [4.69, 9.17) is 9.98 Å². The lowest BCUT2D eigenvalue weighted by Crippen LogP contribution is -2.50. The molecule has 0 fully saturated rings. The van der Waals surface area contributed by atoms with Crippen LogP contribution in [0, 0.1) is 10.1 Å². The highest BCUT2D eigenvalue weighted by atomic mass is 16.5. The van der Waals surface area contributed by atoms with E-state index in [-0.39, 0.29) is 0 Å². The molecule has 0 spiro atoms. The highest BCUT2D eigenvalue weighted by Crippen LogP contribution is 2.45. The van der Waals surface area contributed by atoms with Gasteiger partial charge in [-0.05, 0) is 116 Å². The first-order chi connectivity index (χ1) is 21.7. The normalized spacial score (nSPS) is 19.5. The SMILES string of the molecule is CC1(C)N=C(c2ccc(-c3c4ccccc4c(-c4cccc(C5=NC(C)(C)C(C)(C)[N+]5=O)c4)c4ccccc34)cc2)N([O-])C1(C)C. The van der Waals surface area contributed by atoms with Gasteiger partial charge in [0.1, 0.15) is 5.84 Å². The van der Waals surface area contributed by atoms with Crippen LogP contribution in [0.25, 0.3) is 43.8 Å². The van der Waals surface area contributed by atoms with Crippen LogP contribution in [-0.2, 0) is 0 Å². The van der Waals surface area contributed by atoms with Crippen LogP contribution < -0.4 is 0 Å². The standard InChI is InChI=1S/C40H40N4O2/c1-37(2)39(5,6)43(45)35(41-37)26-22-20-25(21-23-26)33-29-16-9-11-18-31(29)34(32-19-12-10-17-30(32)33)27-14-13-15-28(24-27)36-42-38(3,4)40(7,8)44(36)46/h9-24H,1-8H3. The zero-order valence-corrected chi connectivity index (χ0v) is 27.8. The summed E-state index contributed by atoms with van der Waals surface area (Å²) in [6, 6.07) is 33.4. The second kappa shape index (κ2) is 9.91. The van der Waals surface area contributed by atoms with Gasteiger partial charge in [-0.25, -0.2) is 0 Å².